The maximum atomic E-state index is 13.6. The first-order valence-electron chi connectivity index (χ1n) is 7.44. The van der Waals surface area contributed by atoms with Gasteiger partial charge in [0.15, 0.2) is 0 Å². The topological polar surface area (TPSA) is 51.2 Å². The van der Waals surface area contributed by atoms with Crippen molar-refractivity contribution in [1.82, 2.24) is 10.3 Å². The molecule has 1 saturated heterocycles. The zero-order chi connectivity index (χ0) is 16.1. The van der Waals surface area contributed by atoms with E-state index in [0.29, 0.717) is 17.0 Å². The zero-order valence-corrected chi connectivity index (χ0v) is 13.3. The first kappa shape index (κ1) is 15.8. The fraction of sp³-hybridized carbons (Fsp3) is 0.294. The van der Waals surface area contributed by atoms with Gasteiger partial charge in [0.1, 0.15) is 11.9 Å². The van der Waals surface area contributed by atoms with Crippen LogP contribution in [0.1, 0.15) is 22.3 Å². The van der Waals surface area contributed by atoms with Crippen molar-refractivity contribution >= 4 is 17.7 Å². The van der Waals surface area contributed by atoms with Crippen molar-refractivity contribution in [1.29, 1.82) is 0 Å². The van der Waals surface area contributed by atoms with Crippen molar-refractivity contribution in [2.75, 3.05) is 11.5 Å². The zero-order valence-electron chi connectivity index (χ0n) is 12.5. The van der Waals surface area contributed by atoms with E-state index in [2.05, 4.69) is 10.3 Å². The molecular formula is C17H17FN2O2S. The normalized spacial score (nSPS) is 17.0. The van der Waals surface area contributed by atoms with Crippen LogP contribution in [0.2, 0.25) is 0 Å². The molecular weight excluding hydrogens is 315 g/mol. The van der Waals surface area contributed by atoms with Crippen LogP contribution in [0.15, 0.2) is 42.6 Å². The van der Waals surface area contributed by atoms with E-state index in [1.165, 1.54) is 6.07 Å². The first-order chi connectivity index (χ1) is 11.2. The van der Waals surface area contributed by atoms with Gasteiger partial charge < -0.3 is 10.1 Å². The summed E-state index contributed by atoms with van der Waals surface area (Å²) in [6, 6.07) is 9.62. The third-order valence-corrected chi connectivity index (χ3v) is 4.70. The summed E-state index contributed by atoms with van der Waals surface area (Å²) in [6.07, 6.45) is 2.70. The van der Waals surface area contributed by atoms with Crippen LogP contribution in [0.25, 0.3) is 0 Å². The van der Waals surface area contributed by atoms with Crippen LogP contribution in [0, 0.1) is 5.82 Å². The number of rotatable bonds is 5. The first-order valence-corrected chi connectivity index (χ1v) is 8.60. The van der Waals surface area contributed by atoms with Gasteiger partial charge in [-0.15, -0.1) is 0 Å². The molecule has 1 aliphatic rings. The van der Waals surface area contributed by atoms with Crippen molar-refractivity contribution < 1.29 is 13.9 Å². The summed E-state index contributed by atoms with van der Waals surface area (Å²) >= 11 is 1.85. The Kier molecular flexibility index (Phi) is 5.12. The van der Waals surface area contributed by atoms with E-state index in [1.807, 2.05) is 11.8 Å². The number of aromatic nitrogens is 1. The largest absolute Gasteiger partial charge is 0.473 e. The standard InChI is InChI=1S/C17H17FN2O2S/c18-15-4-2-1-3-13(15)10-20-17(21)12-5-7-19-16(9-12)22-14-6-8-23-11-14/h1-5,7,9,14H,6,8,10-11H2,(H,20,21). The van der Waals surface area contributed by atoms with Crippen molar-refractivity contribution in [3.63, 3.8) is 0 Å². The quantitative estimate of drug-likeness (QED) is 0.914. The molecule has 1 amide bonds. The molecule has 4 nitrogen and oxygen atoms in total. The van der Waals surface area contributed by atoms with Crippen LogP contribution in [-0.4, -0.2) is 28.5 Å². The molecule has 3 rings (SSSR count). The number of benzene rings is 1. The molecule has 6 heteroatoms. The Morgan fingerprint density at radius 1 is 1.39 bits per heavy atom. The van der Waals surface area contributed by atoms with E-state index in [9.17, 15) is 9.18 Å². The minimum absolute atomic E-state index is 0.142. The highest BCUT2D eigenvalue weighted by Crippen LogP contribution is 2.22. The summed E-state index contributed by atoms with van der Waals surface area (Å²) < 4.78 is 19.3. The van der Waals surface area contributed by atoms with Crippen molar-refractivity contribution in [2.45, 2.75) is 19.1 Å². The number of halogens is 1. The third-order valence-electron chi connectivity index (χ3n) is 3.57. The predicted octanol–water partition coefficient (Wildman–Crippen LogP) is 3.04. The summed E-state index contributed by atoms with van der Waals surface area (Å²) in [4.78, 5) is 16.3. The Balaban J connectivity index is 1.61. The van der Waals surface area contributed by atoms with Crippen LogP contribution in [0.4, 0.5) is 4.39 Å². The lowest BCUT2D eigenvalue weighted by Crippen LogP contribution is -2.23. The lowest BCUT2D eigenvalue weighted by molar-refractivity contribution is 0.0949. The number of pyridine rings is 1. The van der Waals surface area contributed by atoms with E-state index in [0.717, 1.165) is 17.9 Å². The number of amides is 1. The minimum atomic E-state index is -0.328. The molecule has 0 saturated carbocycles. The molecule has 2 heterocycles. The van der Waals surface area contributed by atoms with Gasteiger partial charge in [-0.1, -0.05) is 18.2 Å². The van der Waals surface area contributed by atoms with Crippen LogP contribution < -0.4 is 10.1 Å². The second-order valence-corrected chi connectivity index (χ2v) is 6.41. The molecule has 23 heavy (non-hydrogen) atoms. The van der Waals surface area contributed by atoms with Crippen molar-refractivity contribution in [2.24, 2.45) is 0 Å². The smallest absolute Gasteiger partial charge is 0.251 e. The summed E-state index contributed by atoms with van der Waals surface area (Å²) in [7, 11) is 0. The Bertz CT molecular complexity index is 690. The van der Waals surface area contributed by atoms with Gasteiger partial charge in [-0.05, 0) is 24.3 Å². The molecule has 0 bridgehead atoms. The van der Waals surface area contributed by atoms with Gasteiger partial charge >= 0.3 is 0 Å². The van der Waals surface area contributed by atoms with E-state index < -0.39 is 0 Å². The molecule has 0 spiro atoms. The van der Waals surface area contributed by atoms with E-state index >= 15 is 0 Å². The van der Waals surface area contributed by atoms with E-state index in [4.69, 9.17) is 4.74 Å². The Morgan fingerprint density at radius 2 is 2.26 bits per heavy atom. The van der Waals surface area contributed by atoms with Crippen LogP contribution in [0.3, 0.4) is 0 Å². The number of hydrogen-bond acceptors (Lipinski definition) is 4. The fourth-order valence-electron chi connectivity index (χ4n) is 2.31. The lowest BCUT2D eigenvalue weighted by atomic mass is 10.2. The van der Waals surface area contributed by atoms with Gasteiger partial charge in [-0.25, -0.2) is 9.37 Å². The van der Waals surface area contributed by atoms with Gasteiger partial charge in [0.25, 0.3) is 5.91 Å². The average Bonchev–Trinajstić information content (AvgIpc) is 3.07. The van der Waals surface area contributed by atoms with E-state index in [1.54, 1.807) is 36.5 Å². The van der Waals surface area contributed by atoms with Crippen LogP contribution in [0.5, 0.6) is 5.88 Å². The maximum absolute atomic E-state index is 13.6. The number of nitrogens with one attached hydrogen (secondary N) is 1. The van der Waals surface area contributed by atoms with Crippen molar-refractivity contribution in [3.05, 3.63) is 59.5 Å². The Labute approximate surface area is 138 Å². The number of ether oxygens (including phenoxy) is 1. The second-order valence-electron chi connectivity index (χ2n) is 5.26. The molecule has 1 aromatic carbocycles. The van der Waals surface area contributed by atoms with Crippen molar-refractivity contribution in [3.8, 4) is 5.88 Å². The number of nitrogens with zero attached hydrogens (tertiary/aromatic N) is 1. The fourth-order valence-corrected chi connectivity index (χ4v) is 3.40. The third kappa shape index (κ3) is 4.22. The van der Waals surface area contributed by atoms with Gasteiger partial charge in [0, 0.05) is 35.7 Å². The lowest BCUT2D eigenvalue weighted by Gasteiger charge is -2.12. The predicted molar refractivity (Wildman–Crippen MR) is 88.2 cm³/mol. The number of carbonyl (C=O) groups excluding carboxylic acids is 1. The summed E-state index contributed by atoms with van der Waals surface area (Å²) in [6.45, 7) is 0.142. The second kappa shape index (κ2) is 7.46. The minimum Gasteiger partial charge on any atom is -0.473 e. The molecule has 1 fully saturated rings. The Hall–Kier alpha value is -2.08. The molecule has 1 aromatic heterocycles. The number of hydrogen-bond donors (Lipinski definition) is 1. The van der Waals surface area contributed by atoms with Gasteiger partial charge in [0.2, 0.25) is 5.88 Å². The highest BCUT2D eigenvalue weighted by Gasteiger charge is 2.18. The van der Waals surface area contributed by atoms with Gasteiger partial charge in [-0.3, -0.25) is 4.79 Å². The molecule has 1 N–H and O–H groups in total. The number of thioether (sulfide) groups is 1. The molecule has 120 valence electrons. The van der Waals surface area contributed by atoms with Crippen LogP contribution >= 0.6 is 11.8 Å². The highest BCUT2D eigenvalue weighted by atomic mass is 32.2. The summed E-state index contributed by atoms with van der Waals surface area (Å²) in [5.41, 5.74) is 0.909. The molecule has 1 aliphatic heterocycles. The summed E-state index contributed by atoms with van der Waals surface area (Å²) in [5, 5.41) is 2.71. The van der Waals surface area contributed by atoms with Gasteiger partial charge in [0.05, 0.1) is 0 Å². The van der Waals surface area contributed by atoms with E-state index in [-0.39, 0.29) is 24.4 Å². The molecule has 1 atom stereocenters. The van der Waals surface area contributed by atoms with Gasteiger partial charge in [-0.2, -0.15) is 11.8 Å². The molecule has 2 aromatic rings. The number of carbonyl (C=O) groups is 1. The maximum Gasteiger partial charge on any atom is 0.251 e. The summed E-state index contributed by atoms with van der Waals surface area (Å²) in [5.74, 6) is 1.89. The SMILES string of the molecule is O=C(NCc1ccccc1F)c1ccnc(OC2CCSC2)c1. The molecule has 0 radical (unpaired) electrons. The Morgan fingerprint density at radius 3 is 3.04 bits per heavy atom. The highest BCUT2D eigenvalue weighted by molar-refractivity contribution is 7.99. The van der Waals surface area contributed by atoms with Crippen LogP contribution in [-0.2, 0) is 6.54 Å². The average molecular weight is 332 g/mol. The monoisotopic (exact) mass is 332 g/mol. The molecule has 1 unspecified atom stereocenters. The molecule has 0 aliphatic carbocycles.